The van der Waals surface area contributed by atoms with Crippen LogP contribution in [0.2, 0.25) is 0 Å². The van der Waals surface area contributed by atoms with Crippen LogP contribution in [0.15, 0.2) is 57.6 Å². The van der Waals surface area contributed by atoms with Gasteiger partial charge in [0.2, 0.25) is 0 Å². The van der Waals surface area contributed by atoms with Crippen molar-refractivity contribution in [3.05, 3.63) is 48.0 Å². The van der Waals surface area contributed by atoms with E-state index in [4.69, 9.17) is 10.5 Å². The minimum absolute atomic E-state index is 0.0884. The van der Waals surface area contributed by atoms with E-state index in [0.29, 0.717) is 16.6 Å². The van der Waals surface area contributed by atoms with Gasteiger partial charge in [-0.3, -0.25) is 4.55 Å². The zero-order chi connectivity index (χ0) is 19.8. The third-order valence-corrected chi connectivity index (χ3v) is 4.89. The van der Waals surface area contributed by atoms with Crippen LogP contribution in [0, 0.1) is 6.92 Å². The van der Waals surface area contributed by atoms with E-state index in [-0.39, 0.29) is 22.9 Å². The Labute approximate surface area is 155 Å². The third kappa shape index (κ3) is 3.69. The Balaban J connectivity index is 2.13. The van der Waals surface area contributed by atoms with Crippen molar-refractivity contribution in [1.82, 2.24) is 0 Å². The predicted octanol–water partition coefficient (Wildman–Crippen LogP) is 4.11. The molecule has 0 atom stereocenters. The van der Waals surface area contributed by atoms with Crippen molar-refractivity contribution in [2.24, 2.45) is 10.2 Å². The quantitative estimate of drug-likeness (QED) is 0.350. The van der Waals surface area contributed by atoms with Gasteiger partial charge in [-0.1, -0.05) is 0 Å². The molecule has 0 saturated heterocycles. The van der Waals surface area contributed by atoms with Crippen molar-refractivity contribution in [2.75, 3.05) is 12.8 Å². The van der Waals surface area contributed by atoms with Crippen molar-refractivity contribution in [3.63, 3.8) is 0 Å². The van der Waals surface area contributed by atoms with E-state index in [1.165, 1.54) is 19.2 Å². The van der Waals surface area contributed by atoms with E-state index in [1.807, 2.05) is 0 Å². The van der Waals surface area contributed by atoms with Gasteiger partial charge in [-0.05, 0) is 54.3 Å². The number of hydrogen-bond donors (Lipinski definition) is 3. The number of aromatic hydroxyl groups is 1. The molecule has 0 bridgehead atoms. The number of methoxy groups -OCH3 is 1. The molecule has 0 heterocycles. The van der Waals surface area contributed by atoms with Crippen molar-refractivity contribution >= 4 is 38.0 Å². The predicted molar refractivity (Wildman–Crippen MR) is 102 cm³/mol. The highest BCUT2D eigenvalue weighted by Crippen LogP contribution is 2.40. The first-order valence-corrected chi connectivity index (χ1v) is 9.24. The molecular formula is C18H17N3O5S. The van der Waals surface area contributed by atoms with Crippen LogP contribution in [0.25, 0.3) is 10.8 Å². The second-order valence-electron chi connectivity index (χ2n) is 5.88. The molecule has 0 aromatic heterocycles. The Kier molecular flexibility index (Phi) is 4.73. The van der Waals surface area contributed by atoms with Gasteiger partial charge in [0, 0.05) is 17.1 Å². The average Bonchev–Trinajstić information content (AvgIpc) is 2.60. The summed E-state index contributed by atoms with van der Waals surface area (Å²) < 4.78 is 37.6. The summed E-state index contributed by atoms with van der Waals surface area (Å²) in [5.74, 6) is 0.138. The number of nitrogens with zero attached hydrogens (tertiary/aromatic N) is 2. The summed E-state index contributed by atoms with van der Waals surface area (Å²) in [5.41, 5.74) is 7.04. The minimum atomic E-state index is -4.54. The van der Waals surface area contributed by atoms with E-state index < -0.39 is 15.0 Å². The average molecular weight is 387 g/mol. The molecule has 0 fully saturated rings. The first-order chi connectivity index (χ1) is 12.7. The molecule has 0 unspecified atom stereocenters. The molecule has 3 aromatic carbocycles. The summed E-state index contributed by atoms with van der Waals surface area (Å²) in [5, 5.41) is 19.7. The van der Waals surface area contributed by atoms with Gasteiger partial charge in [0.05, 0.1) is 7.11 Å². The van der Waals surface area contributed by atoms with Gasteiger partial charge in [0.15, 0.2) is 5.75 Å². The highest BCUT2D eigenvalue weighted by Gasteiger charge is 2.17. The lowest BCUT2D eigenvalue weighted by molar-refractivity contribution is 0.412. The number of nitrogens with two attached hydrogens (primary N) is 1. The van der Waals surface area contributed by atoms with E-state index >= 15 is 0 Å². The van der Waals surface area contributed by atoms with Crippen LogP contribution in [0.3, 0.4) is 0 Å². The van der Waals surface area contributed by atoms with E-state index in [1.54, 1.807) is 31.2 Å². The fourth-order valence-electron chi connectivity index (χ4n) is 2.67. The number of fused-ring (bicyclic) bond motifs is 1. The fraction of sp³-hybridized carbons (Fsp3) is 0.111. The largest absolute Gasteiger partial charge is 0.505 e. The number of nitrogen functional groups attached to an aromatic ring is 1. The molecular weight excluding hydrogens is 370 g/mol. The smallest absolute Gasteiger partial charge is 0.296 e. The van der Waals surface area contributed by atoms with E-state index in [2.05, 4.69) is 10.2 Å². The molecule has 27 heavy (non-hydrogen) atoms. The number of phenols is 1. The van der Waals surface area contributed by atoms with Crippen LogP contribution in [0.1, 0.15) is 5.56 Å². The Morgan fingerprint density at radius 2 is 1.81 bits per heavy atom. The molecule has 3 rings (SSSR count). The maximum atomic E-state index is 11.6. The lowest BCUT2D eigenvalue weighted by atomic mass is 10.0. The Morgan fingerprint density at radius 1 is 1.07 bits per heavy atom. The molecule has 0 aliphatic heterocycles. The summed E-state index contributed by atoms with van der Waals surface area (Å²) in [6.45, 7) is 1.73. The third-order valence-electron chi connectivity index (χ3n) is 4.00. The Morgan fingerprint density at radius 3 is 2.48 bits per heavy atom. The van der Waals surface area contributed by atoms with Gasteiger partial charge in [-0.25, -0.2) is 0 Å². The number of hydrogen-bond acceptors (Lipinski definition) is 7. The number of phenolic OH excluding ortho intramolecular Hbond substituents is 1. The molecule has 8 nitrogen and oxygen atoms in total. The SMILES string of the molecule is COc1ccc(N=Nc2c(C)cc3cc(N)ccc3c2O)c(S(=O)(=O)O)c1. The summed E-state index contributed by atoms with van der Waals surface area (Å²) in [4.78, 5) is -0.448. The normalized spacial score (nSPS) is 12.0. The van der Waals surface area contributed by atoms with Crippen LogP contribution in [-0.4, -0.2) is 25.2 Å². The number of ether oxygens (including phenoxy) is 1. The maximum absolute atomic E-state index is 11.6. The van der Waals surface area contributed by atoms with E-state index in [0.717, 1.165) is 11.5 Å². The molecule has 0 radical (unpaired) electrons. The number of aryl methyl sites for hydroxylation is 1. The molecule has 4 N–H and O–H groups in total. The van der Waals surface area contributed by atoms with Gasteiger partial charge in [-0.2, -0.15) is 8.42 Å². The van der Waals surface area contributed by atoms with Gasteiger partial charge >= 0.3 is 0 Å². The van der Waals surface area contributed by atoms with Crippen LogP contribution >= 0.6 is 0 Å². The van der Waals surface area contributed by atoms with Gasteiger partial charge < -0.3 is 15.6 Å². The van der Waals surface area contributed by atoms with Gasteiger partial charge in [0.1, 0.15) is 22.0 Å². The van der Waals surface area contributed by atoms with Crippen LogP contribution in [0.4, 0.5) is 17.1 Å². The van der Waals surface area contributed by atoms with Crippen LogP contribution in [0.5, 0.6) is 11.5 Å². The van der Waals surface area contributed by atoms with Gasteiger partial charge in [-0.15, -0.1) is 10.2 Å². The van der Waals surface area contributed by atoms with Crippen molar-refractivity contribution in [2.45, 2.75) is 11.8 Å². The maximum Gasteiger partial charge on any atom is 0.296 e. The minimum Gasteiger partial charge on any atom is -0.505 e. The molecule has 0 saturated carbocycles. The van der Waals surface area contributed by atoms with Crippen LogP contribution < -0.4 is 10.5 Å². The van der Waals surface area contributed by atoms with E-state index in [9.17, 15) is 18.1 Å². The highest BCUT2D eigenvalue weighted by atomic mass is 32.2. The molecule has 0 amide bonds. The van der Waals surface area contributed by atoms with Gasteiger partial charge in [0.25, 0.3) is 10.1 Å². The van der Waals surface area contributed by atoms with Crippen LogP contribution in [-0.2, 0) is 10.1 Å². The Hall–Kier alpha value is -3.17. The fourth-order valence-corrected chi connectivity index (χ4v) is 3.31. The topological polar surface area (TPSA) is 135 Å². The first kappa shape index (κ1) is 18.6. The monoisotopic (exact) mass is 387 g/mol. The summed E-state index contributed by atoms with van der Waals surface area (Å²) in [7, 11) is -3.17. The summed E-state index contributed by atoms with van der Waals surface area (Å²) in [6.07, 6.45) is 0. The summed E-state index contributed by atoms with van der Waals surface area (Å²) in [6, 6.07) is 10.8. The second-order valence-corrected chi connectivity index (χ2v) is 7.27. The molecule has 0 spiro atoms. The van der Waals surface area contributed by atoms with Crippen molar-refractivity contribution in [1.29, 1.82) is 0 Å². The zero-order valence-electron chi connectivity index (χ0n) is 14.5. The summed E-state index contributed by atoms with van der Waals surface area (Å²) >= 11 is 0. The second kappa shape index (κ2) is 6.86. The standard InChI is InChI=1S/C18H17N3O5S/c1-10-7-11-8-12(19)3-5-14(11)18(22)17(10)21-20-15-6-4-13(26-2)9-16(15)27(23,24)25/h3-9,22H,19H2,1-2H3,(H,23,24,25). The molecule has 0 aliphatic carbocycles. The number of rotatable bonds is 4. The first-order valence-electron chi connectivity index (χ1n) is 7.80. The van der Waals surface area contributed by atoms with Crippen molar-refractivity contribution < 1.29 is 22.8 Å². The molecule has 140 valence electrons. The molecule has 0 aliphatic rings. The lowest BCUT2D eigenvalue weighted by Crippen LogP contribution is -1.99. The van der Waals surface area contributed by atoms with Crippen molar-refractivity contribution in [3.8, 4) is 11.5 Å². The lowest BCUT2D eigenvalue weighted by Gasteiger charge is -2.09. The Bertz CT molecular complexity index is 1170. The molecule has 9 heteroatoms. The highest BCUT2D eigenvalue weighted by molar-refractivity contribution is 7.86. The zero-order valence-corrected chi connectivity index (χ0v) is 15.4. The number of anilines is 1. The molecule has 3 aromatic rings. The number of benzene rings is 3. The number of azo groups is 1.